The first-order valence-electron chi connectivity index (χ1n) is 8.42. The summed E-state index contributed by atoms with van der Waals surface area (Å²) in [7, 11) is 1.59. The number of methoxy groups -OCH3 is 1. The normalized spacial score (nSPS) is 15.6. The minimum Gasteiger partial charge on any atom is -0.488 e. The molecule has 132 valence electrons. The summed E-state index contributed by atoms with van der Waals surface area (Å²) in [5.74, 6) is 0.853. The highest BCUT2D eigenvalue weighted by Gasteiger charge is 2.24. The number of amides is 1. The van der Waals surface area contributed by atoms with Crippen LogP contribution in [0.5, 0.6) is 5.75 Å². The number of rotatable bonds is 6. The molecule has 25 heavy (non-hydrogen) atoms. The second kappa shape index (κ2) is 7.61. The number of hydrogen-bond donors (Lipinski definition) is 1. The van der Waals surface area contributed by atoms with Crippen LogP contribution in [0.3, 0.4) is 0 Å². The molecule has 1 aliphatic heterocycles. The van der Waals surface area contributed by atoms with E-state index in [0.717, 1.165) is 40.4 Å². The number of nitrogens with zero attached hydrogens (tertiary/aromatic N) is 2. The molecular formula is C19H23N3O3. The van der Waals surface area contributed by atoms with Gasteiger partial charge in [0.15, 0.2) is 0 Å². The number of carbonyl (C=O) groups excluding carboxylic acids is 1. The van der Waals surface area contributed by atoms with Crippen molar-refractivity contribution in [1.82, 2.24) is 15.3 Å². The van der Waals surface area contributed by atoms with Crippen molar-refractivity contribution in [1.29, 1.82) is 0 Å². The predicted octanol–water partition coefficient (Wildman–Crippen LogP) is 2.22. The number of carbonyl (C=O) groups is 1. The van der Waals surface area contributed by atoms with E-state index in [9.17, 15) is 4.79 Å². The Morgan fingerprint density at radius 3 is 3.04 bits per heavy atom. The maximum Gasteiger partial charge on any atom is 0.222 e. The summed E-state index contributed by atoms with van der Waals surface area (Å²) in [6.07, 6.45) is 2.87. The zero-order chi connectivity index (χ0) is 17.8. The van der Waals surface area contributed by atoms with Crippen LogP contribution < -0.4 is 10.1 Å². The third kappa shape index (κ3) is 4.14. The standard InChI is InChI=1S/C19H23N3O3/c1-12-10-20-13(2)19(22-12)14-4-5-17-15(8-14)9-16(25-17)11-21-18(23)6-7-24-3/h4-5,8,10,16H,6-7,9,11H2,1-3H3,(H,21,23)/t16-/m1/s1. The summed E-state index contributed by atoms with van der Waals surface area (Å²) in [4.78, 5) is 20.7. The van der Waals surface area contributed by atoms with Crippen LogP contribution in [0.15, 0.2) is 24.4 Å². The largest absolute Gasteiger partial charge is 0.488 e. The molecule has 1 aromatic carbocycles. The van der Waals surface area contributed by atoms with Crippen LogP contribution >= 0.6 is 0 Å². The second-order valence-electron chi connectivity index (χ2n) is 6.26. The molecule has 6 heteroatoms. The Bertz CT molecular complexity index is 777. The Morgan fingerprint density at radius 2 is 2.24 bits per heavy atom. The molecule has 1 aromatic heterocycles. The van der Waals surface area contributed by atoms with Gasteiger partial charge in [-0.15, -0.1) is 0 Å². The van der Waals surface area contributed by atoms with Gasteiger partial charge in [-0.25, -0.2) is 4.98 Å². The fourth-order valence-electron chi connectivity index (χ4n) is 2.90. The molecule has 0 saturated heterocycles. The lowest BCUT2D eigenvalue weighted by atomic mass is 10.0. The highest BCUT2D eigenvalue weighted by Crippen LogP contribution is 2.33. The molecule has 0 unspecified atom stereocenters. The fraction of sp³-hybridized carbons (Fsp3) is 0.421. The van der Waals surface area contributed by atoms with Crippen molar-refractivity contribution >= 4 is 5.91 Å². The molecular weight excluding hydrogens is 318 g/mol. The lowest BCUT2D eigenvalue weighted by molar-refractivity contribution is -0.122. The van der Waals surface area contributed by atoms with Crippen molar-refractivity contribution in [2.45, 2.75) is 32.8 Å². The van der Waals surface area contributed by atoms with Crippen LogP contribution in [0.2, 0.25) is 0 Å². The summed E-state index contributed by atoms with van der Waals surface area (Å²) in [5.41, 5.74) is 4.89. The summed E-state index contributed by atoms with van der Waals surface area (Å²) in [6, 6.07) is 6.09. The fourth-order valence-corrected chi connectivity index (χ4v) is 2.90. The van der Waals surface area contributed by atoms with Crippen LogP contribution in [0, 0.1) is 13.8 Å². The Morgan fingerprint density at radius 1 is 1.40 bits per heavy atom. The molecule has 1 aliphatic rings. The van der Waals surface area contributed by atoms with Crippen LogP contribution in [0.4, 0.5) is 0 Å². The van der Waals surface area contributed by atoms with Gasteiger partial charge in [-0.2, -0.15) is 0 Å². The Balaban J connectivity index is 1.67. The molecule has 0 fully saturated rings. The number of aromatic nitrogens is 2. The van der Waals surface area contributed by atoms with Gasteiger partial charge in [-0.1, -0.05) is 0 Å². The maximum atomic E-state index is 11.7. The van der Waals surface area contributed by atoms with E-state index in [2.05, 4.69) is 21.4 Å². The van der Waals surface area contributed by atoms with Gasteiger partial charge in [0, 0.05) is 31.7 Å². The molecule has 1 N–H and O–H groups in total. The van der Waals surface area contributed by atoms with Gasteiger partial charge in [-0.05, 0) is 37.6 Å². The van der Waals surface area contributed by atoms with E-state index in [1.807, 2.05) is 26.0 Å². The molecule has 1 amide bonds. The molecule has 2 heterocycles. The monoisotopic (exact) mass is 341 g/mol. The number of aryl methyl sites for hydroxylation is 2. The van der Waals surface area contributed by atoms with Gasteiger partial charge in [0.05, 0.1) is 30.2 Å². The molecule has 0 aliphatic carbocycles. The van der Waals surface area contributed by atoms with Gasteiger partial charge in [-0.3, -0.25) is 9.78 Å². The van der Waals surface area contributed by atoms with E-state index in [4.69, 9.17) is 9.47 Å². The maximum absolute atomic E-state index is 11.7. The van der Waals surface area contributed by atoms with Crippen LogP contribution in [-0.2, 0) is 16.0 Å². The van der Waals surface area contributed by atoms with Gasteiger partial charge >= 0.3 is 0 Å². The molecule has 3 rings (SSSR count). The third-order valence-corrected chi connectivity index (χ3v) is 4.21. The zero-order valence-corrected chi connectivity index (χ0v) is 14.8. The first-order valence-corrected chi connectivity index (χ1v) is 8.42. The van der Waals surface area contributed by atoms with Crippen LogP contribution in [0.25, 0.3) is 11.3 Å². The smallest absolute Gasteiger partial charge is 0.222 e. The highest BCUT2D eigenvalue weighted by atomic mass is 16.5. The summed E-state index contributed by atoms with van der Waals surface area (Å²) in [5, 5.41) is 2.89. The number of hydrogen-bond acceptors (Lipinski definition) is 5. The lowest BCUT2D eigenvalue weighted by Crippen LogP contribution is -2.34. The summed E-state index contributed by atoms with van der Waals surface area (Å²) >= 11 is 0. The van der Waals surface area contributed by atoms with Crippen molar-refractivity contribution in [3.8, 4) is 17.0 Å². The topological polar surface area (TPSA) is 73.3 Å². The minimum atomic E-state index is -0.0403. The van der Waals surface area contributed by atoms with Crippen LogP contribution in [-0.4, -0.2) is 42.2 Å². The number of benzene rings is 1. The summed E-state index contributed by atoms with van der Waals surface area (Å²) < 4.78 is 10.8. The number of nitrogens with one attached hydrogen (secondary N) is 1. The molecule has 0 saturated carbocycles. The van der Waals surface area contributed by atoms with E-state index >= 15 is 0 Å². The van der Waals surface area contributed by atoms with Crippen molar-refractivity contribution < 1.29 is 14.3 Å². The molecule has 1 atom stereocenters. The van der Waals surface area contributed by atoms with Crippen molar-refractivity contribution in [2.75, 3.05) is 20.3 Å². The highest BCUT2D eigenvalue weighted by molar-refractivity contribution is 5.76. The number of fused-ring (bicyclic) bond motifs is 1. The third-order valence-electron chi connectivity index (χ3n) is 4.21. The average Bonchev–Trinajstić information content (AvgIpc) is 3.02. The Kier molecular flexibility index (Phi) is 5.28. The van der Waals surface area contributed by atoms with Gasteiger partial charge < -0.3 is 14.8 Å². The van der Waals surface area contributed by atoms with E-state index in [1.54, 1.807) is 13.3 Å². The van der Waals surface area contributed by atoms with Gasteiger partial charge in [0.2, 0.25) is 5.91 Å². The van der Waals surface area contributed by atoms with E-state index in [-0.39, 0.29) is 12.0 Å². The second-order valence-corrected chi connectivity index (χ2v) is 6.26. The zero-order valence-electron chi connectivity index (χ0n) is 14.8. The molecule has 0 radical (unpaired) electrons. The quantitative estimate of drug-likeness (QED) is 0.872. The molecule has 2 aromatic rings. The SMILES string of the molecule is COCCC(=O)NC[C@H]1Cc2cc(-c3nc(C)cnc3C)ccc2O1. The molecule has 0 bridgehead atoms. The molecule has 6 nitrogen and oxygen atoms in total. The van der Waals surface area contributed by atoms with E-state index < -0.39 is 0 Å². The lowest BCUT2D eigenvalue weighted by Gasteiger charge is -2.11. The van der Waals surface area contributed by atoms with Crippen LogP contribution in [0.1, 0.15) is 23.4 Å². The van der Waals surface area contributed by atoms with Gasteiger partial charge in [0.25, 0.3) is 0 Å². The Hall–Kier alpha value is -2.47. The van der Waals surface area contributed by atoms with E-state index in [0.29, 0.717) is 19.6 Å². The number of ether oxygens (including phenoxy) is 2. The predicted molar refractivity (Wildman–Crippen MR) is 94.6 cm³/mol. The van der Waals surface area contributed by atoms with Crippen molar-refractivity contribution in [2.24, 2.45) is 0 Å². The van der Waals surface area contributed by atoms with E-state index in [1.165, 1.54) is 0 Å². The minimum absolute atomic E-state index is 0.0206. The van der Waals surface area contributed by atoms with Gasteiger partial charge in [0.1, 0.15) is 11.9 Å². The van der Waals surface area contributed by atoms with Crippen molar-refractivity contribution in [3.05, 3.63) is 41.3 Å². The first kappa shape index (κ1) is 17.4. The Labute approximate surface area is 147 Å². The summed E-state index contributed by atoms with van der Waals surface area (Å²) in [6.45, 7) is 4.83. The van der Waals surface area contributed by atoms with Crippen molar-refractivity contribution in [3.63, 3.8) is 0 Å². The first-order chi connectivity index (χ1) is 12.1. The molecule has 0 spiro atoms. The average molecular weight is 341 g/mol.